The topological polar surface area (TPSA) is 28.5 Å². The Hall–Kier alpha value is -2.18. The summed E-state index contributed by atoms with van der Waals surface area (Å²) >= 11 is 1.57. The molecule has 1 saturated heterocycles. The van der Waals surface area contributed by atoms with E-state index in [-0.39, 0.29) is 11.7 Å². The molecule has 1 aliphatic heterocycles. The van der Waals surface area contributed by atoms with E-state index in [1.54, 1.807) is 17.4 Å². The lowest BCUT2D eigenvalue weighted by molar-refractivity contribution is 0.0632. The van der Waals surface area contributed by atoms with Gasteiger partial charge in [0.1, 0.15) is 5.82 Å². The number of carbonyl (C=O) groups excluding carboxylic acids is 1. The van der Waals surface area contributed by atoms with E-state index in [9.17, 15) is 9.18 Å². The van der Waals surface area contributed by atoms with Gasteiger partial charge in [-0.15, -0.1) is 11.3 Å². The van der Waals surface area contributed by atoms with Crippen LogP contribution in [-0.2, 0) is 6.54 Å². The molecule has 6 heteroatoms. The summed E-state index contributed by atoms with van der Waals surface area (Å²) in [4.78, 5) is 17.8. The summed E-state index contributed by atoms with van der Waals surface area (Å²) in [6.45, 7) is 7.79. The highest BCUT2D eigenvalue weighted by Gasteiger charge is 2.24. The van der Waals surface area contributed by atoms with E-state index in [2.05, 4.69) is 35.7 Å². The maximum Gasteiger partial charge on any atom is 0.264 e. The quantitative estimate of drug-likeness (QED) is 0.667. The van der Waals surface area contributed by atoms with Crippen LogP contribution in [0.25, 0.3) is 10.1 Å². The van der Waals surface area contributed by atoms with Crippen LogP contribution in [0.3, 0.4) is 0 Å². The standard InChI is InChI=1S/C21H24FN3OS/c1-15(2)25-13-17-11-19(27-20(17)14-25)21(26)24-9-7-23(8-10-24)12-16-5-3-4-6-18(16)22/h3-6,11,13-15H,7-10,12H2,1-2H3. The smallest absolute Gasteiger partial charge is 0.264 e. The van der Waals surface area contributed by atoms with E-state index in [1.165, 1.54) is 6.07 Å². The summed E-state index contributed by atoms with van der Waals surface area (Å²) in [5, 5.41) is 1.13. The number of halogens is 1. The van der Waals surface area contributed by atoms with Crippen molar-refractivity contribution in [1.82, 2.24) is 14.4 Å². The molecule has 4 nitrogen and oxygen atoms in total. The minimum absolute atomic E-state index is 0.109. The van der Waals surface area contributed by atoms with Gasteiger partial charge >= 0.3 is 0 Å². The molecule has 1 amide bonds. The summed E-state index contributed by atoms with van der Waals surface area (Å²) in [7, 11) is 0. The fraction of sp³-hybridized carbons (Fsp3) is 0.381. The second-order valence-electron chi connectivity index (χ2n) is 7.39. The number of hydrogen-bond donors (Lipinski definition) is 0. The van der Waals surface area contributed by atoms with Crippen LogP contribution in [0.1, 0.15) is 35.1 Å². The average Bonchev–Trinajstić information content (AvgIpc) is 3.23. The lowest BCUT2D eigenvalue weighted by Gasteiger charge is -2.34. The molecule has 3 aromatic rings. The molecule has 2 aromatic heterocycles. The van der Waals surface area contributed by atoms with Gasteiger partial charge in [0.25, 0.3) is 5.91 Å². The van der Waals surface area contributed by atoms with Gasteiger partial charge in [-0.05, 0) is 26.0 Å². The first kappa shape index (κ1) is 18.2. The number of carbonyl (C=O) groups is 1. The summed E-state index contributed by atoms with van der Waals surface area (Å²) in [5.41, 5.74) is 0.715. The van der Waals surface area contributed by atoms with Crippen LogP contribution in [0.4, 0.5) is 4.39 Å². The molecule has 4 rings (SSSR count). The molecule has 0 aliphatic carbocycles. The van der Waals surface area contributed by atoms with Gasteiger partial charge in [0, 0.05) is 62.1 Å². The summed E-state index contributed by atoms with van der Waals surface area (Å²) in [6.07, 6.45) is 4.23. The van der Waals surface area contributed by atoms with Gasteiger partial charge in [-0.2, -0.15) is 0 Å². The Bertz CT molecular complexity index is 922. The zero-order valence-electron chi connectivity index (χ0n) is 15.7. The molecular weight excluding hydrogens is 361 g/mol. The molecule has 0 spiro atoms. The van der Waals surface area contributed by atoms with Crippen molar-refractivity contribution >= 4 is 27.3 Å². The third kappa shape index (κ3) is 3.77. The highest BCUT2D eigenvalue weighted by atomic mass is 32.1. The summed E-state index contributed by atoms with van der Waals surface area (Å²) in [6, 6.07) is 9.33. The van der Waals surface area contributed by atoms with E-state index in [0.29, 0.717) is 31.2 Å². The van der Waals surface area contributed by atoms with Gasteiger partial charge in [0.15, 0.2) is 0 Å². The zero-order valence-corrected chi connectivity index (χ0v) is 16.5. The summed E-state index contributed by atoms with van der Waals surface area (Å²) in [5.74, 6) is -0.0510. The lowest BCUT2D eigenvalue weighted by Crippen LogP contribution is -2.48. The van der Waals surface area contributed by atoms with Crippen molar-refractivity contribution in [3.8, 4) is 0 Å². The number of aromatic nitrogens is 1. The maximum atomic E-state index is 13.8. The second kappa shape index (κ2) is 7.44. The third-order valence-electron chi connectivity index (χ3n) is 5.16. The van der Waals surface area contributed by atoms with Crippen LogP contribution in [0, 0.1) is 5.82 Å². The van der Waals surface area contributed by atoms with Crippen LogP contribution < -0.4 is 0 Å². The molecule has 0 radical (unpaired) electrons. The minimum Gasteiger partial charge on any atom is -0.350 e. The van der Waals surface area contributed by atoms with E-state index in [4.69, 9.17) is 0 Å². The Morgan fingerprint density at radius 3 is 2.56 bits per heavy atom. The Balaban J connectivity index is 1.38. The van der Waals surface area contributed by atoms with Gasteiger partial charge < -0.3 is 9.47 Å². The van der Waals surface area contributed by atoms with Gasteiger partial charge in [-0.1, -0.05) is 18.2 Å². The molecule has 1 fully saturated rings. The predicted octanol–water partition coefficient (Wildman–Crippen LogP) is 4.38. The van der Waals surface area contributed by atoms with E-state index in [0.717, 1.165) is 28.1 Å². The van der Waals surface area contributed by atoms with Crippen molar-refractivity contribution in [2.24, 2.45) is 0 Å². The molecule has 3 heterocycles. The van der Waals surface area contributed by atoms with Crippen molar-refractivity contribution in [3.05, 3.63) is 59.0 Å². The Labute approximate surface area is 162 Å². The van der Waals surface area contributed by atoms with Gasteiger partial charge in [-0.25, -0.2) is 4.39 Å². The van der Waals surface area contributed by atoms with E-state index >= 15 is 0 Å². The molecule has 0 unspecified atom stereocenters. The molecule has 142 valence electrons. The van der Waals surface area contributed by atoms with Gasteiger partial charge in [0.05, 0.1) is 9.58 Å². The molecule has 0 N–H and O–H groups in total. The molecule has 0 atom stereocenters. The summed E-state index contributed by atoms with van der Waals surface area (Å²) < 4.78 is 17.2. The monoisotopic (exact) mass is 385 g/mol. The van der Waals surface area contributed by atoms with Crippen molar-refractivity contribution in [1.29, 1.82) is 0 Å². The molecule has 27 heavy (non-hydrogen) atoms. The Morgan fingerprint density at radius 2 is 1.89 bits per heavy atom. The fourth-order valence-corrected chi connectivity index (χ4v) is 4.53. The maximum absolute atomic E-state index is 13.8. The molecule has 1 aromatic carbocycles. The first-order chi connectivity index (χ1) is 13.0. The second-order valence-corrected chi connectivity index (χ2v) is 8.47. The predicted molar refractivity (Wildman–Crippen MR) is 108 cm³/mol. The average molecular weight is 386 g/mol. The number of benzene rings is 1. The van der Waals surface area contributed by atoms with Crippen LogP contribution in [-0.4, -0.2) is 46.5 Å². The number of thiophene rings is 1. The number of piperazine rings is 1. The number of nitrogens with zero attached hydrogens (tertiary/aromatic N) is 3. The number of hydrogen-bond acceptors (Lipinski definition) is 3. The molecule has 0 saturated carbocycles. The zero-order chi connectivity index (χ0) is 19.0. The number of fused-ring (bicyclic) bond motifs is 1. The molecule has 1 aliphatic rings. The van der Waals surface area contributed by atoms with Crippen LogP contribution in [0.2, 0.25) is 0 Å². The van der Waals surface area contributed by atoms with E-state index < -0.39 is 0 Å². The van der Waals surface area contributed by atoms with Gasteiger partial charge in [0.2, 0.25) is 0 Å². The van der Waals surface area contributed by atoms with Crippen LogP contribution in [0.15, 0.2) is 42.7 Å². The van der Waals surface area contributed by atoms with Gasteiger partial charge in [-0.3, -0.25) is 9.69 Å². The van der Waals surface area contributed by atoms with E-state index in [1.807, 2.05) is 23.1 Å². The fourth-order valence-electron chi connectivity index (χ4n) is 3.49. The molecular formula is C21H24FN3OS. The van der Waals surface area contributed by atoms with Crippen molar-refractivity contribution < 1.29 is 9.18 Å². The number of rotatable bonds is 4. The lowest BCUT2D eigenvalue weighted by atomic mass is 10.2. The first-order valence-corrected chi connectivity index (χ1v) is 10.2. The highest BCUT2D eigenvalue weighted by Crippen LogP contribution is 2.29. The highest BCUT2D eigenvalue weighted by molar-refractivity contribution is 7.20. The van der Waals surface area contributed by atoms with Crippen molar-refractivity contribution in [2.45, 2.75) is 26.4 Å². The van der Waals surface area contributed by atoms with Crippen LogP contribution >= 0.6 is 11.3 Å². The number of amides is 1. The Morgan fingerprint density at radius 1 is 1.15 bits per heavy atom. The normalized spacial score (nSPS) is 15.8. The minimum atomic E-state index is -0.160. The Kier molecular flexibility index (Phi) is 5.02. The SMILES string of the molecule is CC(C)n1cc2cc(C(=O)N3CCN(Cc4ccccc4F)CC3)sc2c1. The first-order valence-electron chi connectivity index (χ1n) is 9.37. The molecule has 0 bridgehead atoms. The van der Waals surface area contributed by atoms with Crippen molar-refractivity contribution in [2.75, 3.05) is 26.2 Å². The largest absolute Gasteiger partial charge is 0.350 e. The van der Waals surface area contributed by atoms with Crippen molar-refractivity contribution in [3.63, 3.8) is 0 Å². The third-order valence-corrected chi connectivity index (χ3v) is 6.24. The van der Waals surface area contributed by atoms with Crippen LogP contribution in [0.5, 0.6) is 0 Å².